The van der Waals surface area contributed by atoms with Gasteiger partial charge in [-0.05, 0) is 61.1 Å². The number of nitrogens with one attached hydrogen (secondary N) is 1. The second kappa shape index (κ2) is 7.37. The van der Waals surface area contributed by atoms with Crippen LogP contribution in [0.15, 0.2) is 46.1 Å². The van der Waals surface area contributed by atoms with Gasteiger partial charge in [-0.25, -0.2) is 13.2 Å². The average molecular weight is 414 g/mol. The minimum absolute atomic E-state index is 0.141. The molecular weight excluding hydrogens is 386 g/mol. The van der Waals surface area contributed by atoms with Crippen molar-refractivity contribution in [1.29, 1.82) is 0 Å². The zero-order valence-electron chi connectivity index (χ0n) is 17.1. The van der Waals surface area contributed by atoms with Crippen LogP contribution in [0.4, 0.5) is 5.69 Å². The molecule has 1 N–H and O–H groups in total. The Morgan fingerprint density at radius 3 is 2.14 bits per heavy atom. The highest BCUT2D eigenvalue weighted by Gasteiger charge is 2.20. The number of imidazole rings is 1. The van der Waals surface area contributed by atoms with Crippen LogP contribution < -0.4 is 10.4 Å². The molecular formula is C22H27N3O3S. The van der Waals surface area contributed by atoms with Crippen LogP contribution in [0.3, 0.4) is 0 Å². The third kappa shape index (κ3) is 3.59. The van der Waals surface area contributed by atoms with Crippen molar-refractivity contribution < 1.29 is 8.42 Å². The van der Waals surface area contributed by atoms with Crippen LogP contribution in [0.1, 0.15) is 49.1 Å². The Labute approximate surface area is 171 Å². The summed E-state index contributed by atoms with van der Waals surface area (Å²) in [5.41, 5.74) is 3.79. The van der Waals surface area contributed by atoms with Crippen molar-refractivity contribution in [2.24, 2.45) is 14.1 Å². The van der Waals surface area contributed by atoms with Gasteiger partial charge >= 0.3 is 5.69 Å². The summed E-state index contributed by atoms with van der Waals surface area (Å²) >= 11 is 0. The molecule has 29 heavy (non-hydrogen) atoms. The minimum atomic E-state index is -3.71. The van der Waals surface area contributed by atoms with E-state index in [2.05, 4.69) is 4.72 Å². The zero-order chi connectivity index (χ0) is 20.8. The summed E-state index contributed by atoms with van der Waals surface area (Å²) in [4.78, 5) is 12.4. The maximum absolute atomic E-state index is 12.9. The Kier molecular flexibility index (Phi) is 5.02. The molecule has 0 saturated heterocycles. The van der Waals surface area contributed by atoms with E-state index in [1.807, 2.05) is 25.1 Å². The molecule has 1 aliphatic carbocycles. The molecule has 1 fully saturated rings. The van der Waals surface area contributed by atoms with Crippen LogP contribution in [0.5, 0.6) is 0 Å². The maximum Gasteiger partial charge on any atom is 0.328 e. The van der Waals surface area contributed by atoms with Crippen LogP contribution in [0.2, 0.25) is 0 Å². The van der Waals surface area contributed by atoms with Crippen molar-refractivity contribution in [3.05, 3.63) is 58.0 Å². The molecule has 0 atom stereocenters. The number of nitrogens with zero attached hydrogens (tertiary/aromatic N) is 2. The van der Waals surface area contributed by atoms with Gasteiger partial charge in [0.25, 0.3) is 10.0 Å². The number of rotatable bonds is 4. The van der Waals surface area contributed by atoms with Crippen molar-refractivity contribution in [3.63, 3.8) is 0 Å². The van der Waals surface area contributed by atoms with Crippen molar-refractivity contribution in [1.82, 2.24) is 9.13 Å². The van der Waals surface area contributed by atoms with Crippen molar-refractivity contribution in [2.75, 3.05) is 4.72 Å². The Balaban J connectivity index is 1.64. The lowest BCUT2D eigenvalue weighted by molar-refractivity contribution is 0.443. The third-order valence-corrected chi connectivity index (χ3v) is 7.51. The van der Waals surface area contributed by atoms with Crippen LogP contribution in [0.25, 0.3) is 11.0 Å². The lowest BCUT2D eigenvalue weighted by atomic mass is 9.84. The van der Waals surface area contributed by atoms with E-state index in [0.717, 1.165) is 11.1 Å². The third-order valence-electron chi connectivity index (χ3n) is 6.13. The van der Waals surface area contributed by atoms with Crippen molar-refractivity contribution in [2.45, 2.75) is 49.8 Å². The fourth-order valence-corrected chi connectivity index (χ4v) is 5.44. The Morgan fingerprint density at radius 2 is 1.52 bits per heavy atom. The van der Waals surface area contributed by atoms with Gasteiger partial charge in [0.05, 0.1) is 21.6 Å². The average Bonchev–Trinajstić information content (AvgIpc) is 2.93. The van der Waals surface area contributed by atoms with Gasteiger partial charge in [-0.2, -0.15) is 0 Å². The van der Waals surface area contributed by atoms with E-state index in [0.29, 0.717) is 17.1 Å². The van der Waals surface area contributed by atoms with Crippen LogP contribution >= 0.6 is 0 Å². The largest absolute Gasteiger partial charge is 0.328 e. The quantitative estimate of drug-likeness (QED) is 0.702. The minimum Gasteiger partial charge on any atom is -0.295 e. The molecule has 3 aromatic rings. The van der Waals surface area contributed by atoms with Gasteiger partial charge in [-0.1, -0.05) is 31.4 Å². The first-order valence-electron chi connectivity index (χ1n) is 10.1. The molecule has 6 nitrogen and oxygen atoms in total. The number of fused-ring (bicyclic) bond motifs is 1. The highest BCUT2D eigenvalue weighted by Crippen LogP contribution is 2.33. The molecule has 0 radical (unpaired) electrons. The summed E-state index contributed by atoms with van der Waals surface area (Å²) in [6.07, 6.45) is 6.15. The number of hydrogen-bond acceptors (Lipinski definition) is 3. The molecule has 4 rings (SSSR count). The van der Waals surface area contributed by atoms with E-state index in [-0.39, 0.29) is 10.6 Å². The molecule has 0 bridgehead atoms. The predicted octanol–water partition coefficient (Wildman–Crippen LogP) is 4.03. The lowest BCUT2D eigenvalue weighted by Gasteiger charge is -2.22. The monoisotopic (exact) mass is 413 g/mol. The molecule has 0 amide bonds. The van der Waals surface area contributed by atoms with E-state index >= 15 is 0 Å². The molecule has 154 valence electrons. The molecule has 0 aliphatic heterocycles. The normalized spacial score (nSPS) is 15.7. The van der Waals surface area contributed by atoms with E-state index < -0.39 is 10.0 Å². The van der Waals surface area contributed by atoms with E-state index in [4.69, 9.17) is 0 Å². The first-order chi connectivity index (χ1) is 13.8. The Morgan fingerprint density at radius 1 is 0.931 bits per heavy atom. The molecule has 0 spiro atoms. The second-order valence-corrected chi connectivity index (χ2v) is 9.75. The van der Waals surface area contributed by atoms with E-state index in [1.165, 1.54) is 42.2 Å². The topological polar surface area (TPSA) is 73.1 Å². The zero-order valence-corrected chi connectivity index (χ0v) is 17.9. The van der Waals surface area contributed by atoms with Gasteiger partial charge in [0.2, 0.25) is 0 Å². The first kappa shape index (κ1) is 19.8. The number of aryl methyl sites for hydroxylation is 3. The summed E-state index contributed by atoms with van der Waals surface area (Å²) < 4.78 is 31.7. The fourth-order valence-electron chi connectivity index (χ4n) is 4.32. The molecule has 7 heteroatoms. The van der Waals surface area contributed by atoms with E-state index in [1.54, 1.807) is 36.9 Å². The molecule has 1 aromatic heterocycles. The van der Waals surface area contributed by atoms with Gasteiger partial charge in [-0.3, -0.25) is 13.9 Å². The van der Waals surface area contributed by atoms with Gasteiger partial charge in [0.1, 0.15) is 0 Å². The standard InChI is InChI=1S/C22H27N3O3S/c1-15-13-20-21(25(3)22(26)24(20)2)14-19(15)23-29(27,28)18-11-9-17(10-12-18)16-7-5-4-6-8-16/h9-14,16,23H,4-8H2,1-3H3. The highest BCUT2D eigenvalue weighted by atomic mass is 32.2. The van der Waals surface area contributed by atoms with Crippen LogP contribution in [-0.4, -0.2) is 17.6 Å². The highest BCUT2D eigenvalue weighted by molar-refractivity contribution is 7.92. The van der Waals surface area contributed by atoms with Crippen LogP contribution in [0, 0.1) is 6.92 Å². The summed E-state index contributed by atoms with van der Waals surface area (Å²) in [6.45, 7) is 1.83. The number of aromatic nitrogens is 2. The number of sulfonamides is 1. The molecule has 1 heterocycles. The number of benzene rings is 2. The summed E-state index contributed by atoms with van der Waals surface area (Å²) in [6, 6.07) is 10.8. The Bertz CT molecular complexity index is 1210. The summed E-state index contributed by atoms with van der Waals surface area (Å²) in [5.74, 6) is 0.539. The summed E-state index contributed by atoms with van der Waals surface area (Å²) in [7, 11) is -0.319. The Hall–Kier alpha value is -2.54. The van der Waals surface area contributed by atoms with Gasteiger partial charge in [-0.15, -0.1) is 0 Å². The number of hydrogen-bond donors (Lipinski definition) is 1. The van der Waals surface area contributed by atoms with Gasteiger partial charge < -0.3 is 0 Å². The lowest BCUT2D eigenvalue weighted by Crippen LogP contribution is -2.19. The van der Waals surface area contributed by atoms with Crippen molar-refractivity contribution >= 4 is 26.7 Å². The molecule has 2 aromatic carbocycles. The predicted molar refractivity (Wildman–Crippen MR) is 116 cm³/mol. The smallest absolute Gasteiger partial charge is 0.295 e. The first-order valence-corrected chi connectivity index (χ1v) is 11.5. The van der Waals surface area contributed by atoms with Crippen LogP contribution in [-0.2, 0) is 24.1 Å². The van der Waals surface area contributed by atoms with Gasteiger partial charge in [0, 0.05) is 14.1 Å². The molecule has 0 unspecified atom stereocenters. The van der Waals surface area contributed by atoms with Gasteiger partial charge in [0.15, 0.2) is 0 Å². The fraction of sp³-hybridized carbons (Fsp3) is 0.409. The maximum atomic E-state index is 12.9. The van der Waals surface area contributed by atoms with Crippen molar-refractivity contribution in [3.8, 4) is 0 Å². The number of anilines is 1. The second-order valence-electron chi connectivity index (χ2n) is 8.07. The molecule has 1 saturated carbocycles. The van der Waals surface area contributed by atoms with E-state index in [9.17, 15) is 13.2 Å². The summed E-state index contributed by atoms with van der Waals surface area (Å²) in [5, 5.41) is 0. The SMILES string of the molecule is Cc1cc2c(cc1NS(=O)(=O)c1ccc(C3CCCCC3)cc1)n(C)c(=O)n2C. The molecule has 1 aliphatic rings.